The molecule has 0 aliphatic heterocycles. The third kappa shape index (κ3) is 8.50. The summed E-state index contributed by atoms with van der Waals surface area (Å²) in [5.41, 5.74) is 7.48. The molecular formula is C24H31N3O4. The second kappa shape index (κ2) is 12.4. The molecule has 0 bridgehead atoms. The quantitative estimate of drug-likeness (QED) is 0.514. The van der Waals surface area contributed by atoms with E-state index in [1.54, 1.807) is 13.8 Å². The number of carbonyl (C=O) groups is 3. The van der Waals surface area contributed by atoms with Crippen LogP contribution in [-0.4, -0.2) is 30.0 Å². The standard InChI is InChI=1S/C24H31N3O4/c1-17(2)21(27-24(30)31-16-19-12-7-4-8-13-19)23(29)26-20(22(25)28)15-9-14-18-10-5-3-6-11-18/h3-8,10-13,17,20-21H,9,14-16H2,1-2H3,(H2,25,28)(H,26,29)(H,27,30)/t20-,21-/m1/s1. The Morgan fingerprint density at radius 3 is 2.03 bits per heavy atom. The van der Waals surface area contributed by atoms with Gasteiger partial charge < -0.3 is 21.1 Å². The number of hydrogen-bond acceptors (Lipinski definition) is 4. The van der Waals surface area contributed by atoms with Crippen LogP contribution in [-0.2, 0) is 27.4 Å². The van der Waals surface area contributed by atoms with E-state index in [9.17, 15) is 14.4 Å². The van der Waals surface area contributed by atoms with Crippen molar-refractivity contribution in [2.24, 2.45) is 11.7 Å². The second-order valence-electron chi connectivity index (χ2n) is 7.77. The van der Waals surface area contributed by atoms with E-state index in [0.29, 0.717) is 12.8 Å². The van der Waals surface area contributed by atoms with Gasteiger partial charge in [-0.2, -0.15) is 0 Å². The van der Waals surface area contributed by atoms with Gasteiger partial charge in [0.1, 0.15) is 18.7 Å². The molecule has 0 aliphatic rings. The lowest BCUT2D eigenvalue weighted by atomic mass is 10.0. The predicted molar refractivity (Wildman–Crippen MR) is 119 cm³/mol. The molecule has 166 valence electrons. The molecule has 31 heavy (non-hydrogen) atoms. The number of aryl methyl sites for hydroxylation is 1. The van der Waals surface area contributed by atoms with Gasteiger partial charge in [-0.15, -0.1) is 0 Å². The summed E-state index contributed by atoms with van der Waals surface area (Å²) in [6.45, 7) is 3.70. The normalized spacial score (nSPS) is 12.6. The van der Waals surface area contributed by atoms with E-state index < -0.39 is 30.0 Å². The third-order valence-corrected chi connectivity index (χ3v) is 4.90. The Kier molecular flexibility index (Phi) is 9.55. The number of alkyl carbamates (subject to hydrolysis) is 1. The molecule has 2 rings (SSSR count). The molecule has 0 unspecified atom stereocenters. The Balaban J connectivity index is 1.87. The summed E-state index contributed by atoms with van der Waals surface area (Å²) in [4.78, 5) is 36.8. The van der Waals surface area contributed by atoms with Gasteiger partial charge in [-0.05, 0) is 36.3 Å². The molecule has 4 N–H and O–H groups in total. The molecule has 0 heterocycles. The van der Waals surface area contributed by atoms with Crippen molar-refractivity contribution in [2.75, 3.05) is 0 Å². The first-order valence-corrected chi connectivity index (χ1v) is 10.5. The third-order valence-electron chi connectivity index (χ3n) is 4.90. The predicted octanol–water partition coefficient (Wildman–Crippen LogP) is 2.93. The molecule has 0 aliphatic carbocycles. The minimum atomic E-state index is -0.848. The minimum absolute atomic E-state index is 0.0997. The van der Waals surface area contributed by atoms with Gasteiger partial charge in [0, 0.05) is 0 Å². The van der Waals surface area contributed by atoms with E-state index in [-0.39, 0.29) is 12.5 Å². The van der Waals surface area contributed by atoms with Crippen LogP contribution in [0.2, 0.25) is 0 Å². The van der Waals surface area contributed by atoms with Crippen LogP contribution in [0.1, 0.15) is 37.8 Å². The highest BCUT2D eigenvalue weighted by Crippen LogP contribution is 2.09. The van der Waals surface area contributed by atoms with Gasteiger partial charge in [0.25, 0.3) is 0 Å². The van der Waals surface area contributed by atoms with Gasteiger partial charge in [0.2, 0.25) is 11.8 Å². The smallest absolute Gasteiger partial charge is 0.408 e. The first kappa shape index (κ1) is 23.9. The van der Waals surface area contributed by atoms with Crippen LogP contribution in [0, 0.1) is 5.92 Å². The van der Waals surface area contributed by atoms with Crippen molar-refractivity contribution < 1.29 is 19.1 Å². The van der Waals surface area contributed by atoms with E-state index in [4.69, 9.17) is 10.5 Å². The van der Waals surface area contributed by atoms with Crippen molar-refractivity contribution in [3.05, 3.63) is 71.8 Å². The van der Waals surface area contributed by atoms with Crippen LogP contribution < -0.4 is 16.4 Å². The van der Waals surface area contributed by atoms with Crippen molar-refractivity contribution in [3.8, 4) is 0 Å². The molecule has 0 fully saturated rings. The van der Waals surface area contributed by atoms with Crippen LogP contribution in [0.4, 0.5) is 4.79 Å². The maximum absolute atomic E-state index is 12.8. The summed E-state index contributed by atoms with van der Waals surface area (Å²) in [6, 6.07) is 17.5. The fourth-order valence-corrected chi connectivity index (χ4v) is 3.13. The monoisotopic (exact) mass is 425 g/mol. The summed E-state index contributed by atoms with van der Waals surface area (Å²) in [5, 5.41) is 5.27. The average molecular weight is 426 g/mol. The SMILES string of the molecule is CC(C)[C@@H](NC(=O)OCc1ccccc1)C(=O)N[C@H](CCCc1ccccc1)C(N)=O. The van der Waals surface area contributed by atoms with E-state index in [2.05, 4.69) is 10.6 Å². The number of benzene rings is 2. The zero-order valence-electron chi connectivity index (χ0n) is 18.0. The molecule has 0 spiro atoms. The zero-order valence-corrected chi connectivity index (χ0v) is 18.0. The highest BCUT2D eigenvalue weighted by atomic mass is 16.5. The van der Waals surface area contributed by atoms with Crippen molar-refractivity contribution >= 4 is 17.9 Å². The molecule has 0 saturated heterocycles. The maximum Gasteiger partial charge on any atom is 0.408 e. The van der Waals surface area contributed by atoms with Crippen LogP contribution in [0.15, 0.2) is 60.7 Å². The largest absolute Gasteiger partial charge is 0.445 e. The molecule has 0 saturated carbocycles. The summed E-state index contributed by atoms with van der Waals surface area (Å²) < 4.78 is 5.20. The fourth-order valence-electron chi connectivity index (χ4n) is 3.13. The molecule has 7 nitrogen and oxygen atoms in total. The first-order chi connectivity index (χ1) is 14.9. The van der Waals surface area contributed by atoms with Crippen molar-refractivity contribution in [2.45, 2.75) is 51.8 Å². The lowest BCUT2D eigenvalue weighted by Crippen LogP contribution is -2.54. The highest BCUT2D eigenvalue weighted by molar-refractivity contribution is 5.90. The Morgan fingerprint density at radius 1 is 0.903 bits per heavy atom. The molecule has 2 aromatic carbocycles. The Morgan fingerprint density at radius 2 is 1.48 bits per heavy atom. The van der Waals surface area contributed by atoms with Crippen LogP contribution in [0.3, 0.4) is 0 Å². The summed E-state index contributed by atoms with van der Waals surface area (Å²) in [5.74, 6) is -1.27. The maximum atomic E-state index is 12.8. The Labute approximate surface area is 183 Å². The number of ether oxygens (including phenoxy) is 1. The van der Waals surface area contributed by atoms with E-state index in [1.807, 2.05) is 60.7 Å². The van der Waals surface area contributed by atoms with Crippen LogP contribution in [0.5, 0.6) is 0 Å². The lowest BCUT2D eigenvalue weighted by Gasteiger charge is -2.24. The molecule has 0 radical (unpaired) electrons. The van der Waals surface area contributed by atoms with Crippen LogP contribution >= 0.6 is 0 Å². The number of rotatable bonds is 11. The number of primary amides is 1. The van der Waals surface area contributed by atoms with Gasteiger partial charge in [-0.25, -0.2) is 4.79 Å². The summed E-state index contributed by atoms with van der Waals surface area (Å²) >= 11 is 0. The van der Waals surface area contributed by atoms with E-state index in [1.165, 1.54) is 0 Å². The Bertz CT molecular complexity index is 840. The van der Waals surface area contributed by atoms with E-state index >= 15 is 0 Å². The topological polar surface area (TPSA) is 111 Å². The number of amides is 3. The van der Waals surface area contributed by atoms with E-state index in [0.717, 1.165) is 17.5 Å². The van der Waals surface area contributed by atoms with Crippen LogP contribution in [0.25, 0.3) is 0 Å². The lowest BCUT2D eigenvalue weighted by molar-refractivity contribution is -0.129. The van der Waals surface area contributed by atoms with Gasteiger partial charge in [-0.1, -0.05) is 74.5 Å². The molecule has 2 atom stereocenters. The molecule has 3 amide bonds. The van der Waals surface area contributed by atoms with Gasteiger partial charge in [0.15, 0.2) is 0 Å². The summed E-state index contributed by atoms with van der Waals surface area (Å²) in [6.07, 6.45) is 1.19. The number of nitrogens with one attached hydrogen (secondary N) is 2. The number of hydrogen-bond donors (Lipinski definition) is 3. The average Bonchev–Trinajstić information content (AvgIpc) is 2.76. The highest BCUT2D eigenvalue weighted by Gasteiger charge is 2.28. The Hall–Kier alpha value is -3.35. The number of carbonyl (C=O) groups excluding carboxylic acids is 3. The number of nitrogens with two attached hydrogens (primary N) is 1. The van der Waals surface area contributed by atoms with Gasteiger partial charge in [-0.3, -0.25) is 9.59 Å². The van der Waals surface area contributed by atoms with Crippen molar-refractivity contribution in [1.82, 2.24) is 10.6 Å². The molecular weight excluding hydrogens is 394 g/mol. The van der Waals surface area contributed by atoms with Gasteiger partial charge >= 0.3 is 6.09 Å². The van der Waals surface area contributed by atoms with Crippen molar-refractivity contribution in [1.29, 1.82) is 0 Å². The zero-order chi connectivity index (χ0) is 22.6. The molecule has 2 aromatic rings. The molecule has 7 heteroatoms. The summed E-state index contributed by atoms with van der Waals surface area (Å²) in [7, 11) is 0. The second-order valence-corrected chi connectivity index (χ2v) is 7.77. The first-order valence-electron chi connectivity index (χ1n) is 10.5. The van der Waals surface area contributed by atoms with Crippen molar-refractivity contribution in [3.63, 3.8) is 0 Å². The minimum Gasteiger partial charge on any atom is -0.445 e. The molecule has 0 aromatic heterocycles. The fraction of sp³-hybridized carbons (Fsp3) is 0.375. The van der Waals surface area contributed by atoms with Gasteiger partial charge in [0.05, 0.1) is 0 Å².